The van der Waals surface area contributed by atoms with Crippen LogP contribution in [-0.4, -0.2) is 20.1 Å². The molecule has 2 heteroatoms. The molecule has 1 atom stereocenters. The largest absolute Gasteiger partial charge is 0.371 e. The topological polar surface area (TPSA) is 15.3 Å². The van der Waals surface area contributed by atoms with Crippen LogP contribution in [0.4, 0.5) is 5.69 Å². The van der Waals surface area contributed by atoms with Crippen LogP contribution in [0.1, 0.15) is 30.9 Å². The summed E-state index contributed by atoms with van der Waals surface area (Å²) in [5, 5.41) is 3.25. The summed E-state index contributed by atoms with van der Waals surface area (Å²) in [6.07, 6.45) is 0. The quantitative estimate of drug-likeness (QED) is 0.813. The van der Waals surface area contributed by atoms with Crippen molar-refractivity contribution in [2.75, 3.05) is 25.0 Å². The average Bonchev–Trinajstić information content (AvgIpc) is 2.58. The summed E-state index contributed by atoms with van der Waals surface area (Å²) in [4.78, 5) is 2.49. The molecule has 0 radical (unpaired) electrons. The first-order valence-corrected chi connectivity index (χ1v) is 5.79. The van der Waals surface area contributed by atoms with Gasteiger partial charge in [-0.1, -0.05) is 25.1 Å². The molecule has 0 saturated heterocycles. The third-order valence-electron chi connectivity index (χ3n) is 3.24. The molecule has 82 valence electrons. The summed E-state index contributed by atoms with van der Waals surface area (Å²) < 4.78 is 0. The molecule has 1 N–H and O–H groups in total. The Morgan fingerprint density at radius 1 is 1.47 bits per heavy atom. The van der Waals surface area contributed by atoms with Gasteiger partial charge in [0.1, 0.15) is 0 Å². The second-order valence-corrected chi connectivity index (χ2v) is 4.32. The number of hydrogen-bond acceptors (Lipinski definition) is 2. The molecule has 0 bridgehead atoms. The highest BCUT2D eigenvalue weighted by atomic mass is 15.2. The smallest absolute Gasteiger partial charge is 0.0447 e. The van der Waals surface area contributed by atoms with Crippen LogP contribution in [-0.2, 0) is 6.54 Å². The fourth-order valence-electron chi connectivity index (χ4n) is 2.54. The summed E-state index contributed by atoms with van der Waals surface area (Å²) in [6.45, 7) is 7.80. The van der Waals surface area contributed by atoms with E-state index in [2.05, 4.69) is 42.3 Å². The van der Waals surface area contributed by atoms with Crippen molar-refractivity contribution >= 4 is 5.69 Å². The number of likely N-dealkylation sites (N-methyl/N-ethyl adjacent to an activating group) is 1. The van der Waals surface area contributed by atoms with Gasteiger partial charge in [-0.05, 0) is 25.1 Å². The van der Waals surface area contributed by atoms with Crippen molar-refractivity contribution in [1.82, 2.24) is 5.32 Å². The van der Waals surface area contributed by atoms with Crippen molar-refractivity contribution in [2.45, 2.75) is 26.3 Å². The molecule has 0 saturated carbocycles. The summed E-state index contributed by atoms with van der Waals surface area (Å²) in [7, 11) is 2.01. The third-order valence-corrected chi connectivity index (χ3v) is 3.24. The summed E-state index contributed by atoms with van der Waals surface area (Å²) in [6, 6.07) is 6.69. The molecule has 1 aromatic rings. The molecular weight excluding hydrogens is 184 g/mol. The van der Waals surface area contributed by atoms with E-state index in [1.54, 1.807) is 0 Å². The maximum atomic E-state index is 3.25. The molecule has 0 fully saturated rings. The van der Waals surface area contributed by atoms with Crippen LogP contribution in [0.2, 0.25) is 0 Å². The first-order chi connectivity index (χ1) is 7.27. The lowest BCUT2D eigenvalue weighted by molar-refractivity contribution is 0.758. The second-order valence-electron chi connectivity index (χ2n) is 4.32. The molecule has 1 aliphatic rings. The van der Waals surface area contributed by atoms with Crippen LogP contribution >= 0.6 is 0 Å². The summed E-state index contributed by atoms with van der Waals surface area (Å²) in [5.41, 5.74) is 4.42. The van der Waals surface area contributed by atoms with Crippen molar-refractivity contribution in [2.24, 2.45) is 0 Å². The van der Waals surface area contributed by atoms with E-state index in [-0.39, 0.29) is 0 Å². The molecule has 15 heavy (non-hydrogen) atoms. The van der Waals surface area contributed by atoms with Gasteiger partial charge in [0.15, 0.2) is 0 Å². The Kier molecular flexibility index (Phi) is 2.96. The Labute approximate surface area is 92.3 Å². The molecule has 0 spiro atoms. The van der Waals surface area contributed by atoms with E-state index in [0.29, 0.717) is 5.92 Å². The van der Waals surface area contributed by atoms with E-state index < -0.39 is 0 Å². The van der Waals surface area contributed by atoms with Crippen LogP contribution < -0.4 is 10.2 Å². The molecule has 0 amide bonds. The van der Waals surface area contributed by atoms with Crippen molar-refractivity contribution in [3.63, 3.8) is 0 Å². The molecule has 1 aliphatic heterocycles. The first-order valence-electron chi connectivity index (χ1n) is 5.79. The number of nitrogens with one attached hydrogen (secondary N) is 1. The van der Waals surface area contributed by atoms with E-state index in [0.717, 1.165) is 13.1 Å². The highest BCUT2D eigenvalue weighted by Crippen LogP contribution is 2.38. The SMILES string of the molecule is CCN1CC(C)c2cccc(CNC)c21. The minimum Gasteiger partial charge on any atom is -0.371 e. The lowest BCUT2D eigenvalue weighted by Gasteiger charge is -2.20. The van der Waals surface area contributed by atoms with E-state index in [4.69, 9.17) is 0 Å². The van der Waals surface area contributed by atoms with Gasteiger partial charge in [-0.3, -0.25) is 0 Å². The maximum Gasteiger partial charge on any atom is 0.0447 e. The fraction of sp³-hybridized carbons (Fsp3) is 0.538. The summed E-state index contributed by atoms with van der Waals surface area (Å²) in [5.74, 6) is 0.678. The predicted octanol–water partition coefficient (Wildman–Crippen LogP) is 2.35. The molecule has 1 unspecified atom stereocenters. The van der Waals surface area contributed by atoms with Crippen LogP contribution in [0.3, 0.4) is 0 Å². The van der Waals surface area contributed by atoms with Crippen LogP contribution in [0.5, 0.6) is 0 Å². The van der Waals surface area contributed by atoms with Gasteiger partial charge in [0.2, 0.25) is 0 Å². The van der Waals surface area contributed by atoms with Crippen molar-refractivity contribution in [3.8, 4) is 0 Å². The number of nitrogens with zero attached hydrogens (tertiary/aromatic N) is 1. The Hall–Kier alpha value is -1.02. The van der Waals surface area contributed by atoms with Gasteiger partial charge in [0, 0.05) is 31.2 Å². The molecule has 2 rings (SSSR count). The molecule has 1 aromatic carbocycles. The number of hydrogen-bond donors (Lipinski definition) is 1. The number of benzene rings is 1. The molecular formula is C13H20N2. The minimum absolute atomic E-state index is 0.678. The molecule has 2 nitrogen and oxygen atoms in total. The van der Waals surface area contributed by atoms with Crippen LogP contribution in [0, 0.1) is 0 Å². The maximum absolute atomic E-state index is 3.25. The summed E-state index contributed by atoms with van der Waals surface area (Å²) >= 11 is 0. The fourth-order valence-corrected chi connectivity index (χ4v) is 2.54. The highest BCUT2D eigenvalue weighted by molar-refractivity contribution is 5.65. The van der Waals surface area contributed by atoms with Gasteiger partial charge in [-0.15, -0.1) is 0 Å². The third kappa shape index (κ3) is 1.74. The molecule has 1 heterocycles. The number of rotatable bonds is 3. The Morgan fingerprint density at radius 2 is 2.27 bits per heavy atom. The number of para-hydroxylation sites is 1. The number of fused-ring (bicyclic) bond motifs is 1. The molecule has 0 aliphatic carbocycles. The van der Waals surface area contributed by atoms with Gasteiger partial charge < -0.3 is 10.2 Å². The highest BCUT2D eigenvalue weighted by Gasteiger charge is 2.26. The number of anilines is 1. The van der Waals surface area contributed by atoms with Crippen molar-refractivity contribution in [1.29, 1.82) is 0 Å². The van der Waals surface area contributed by atoms with E-state index in [1.165, 1.54) is 23.4 Å². The Bertz CT molecular complexity index is 346. The average molecular weight is 204 g/mol. The van der Waals surface area contributed by atoms with Crippen LogP contribution in [0.15, 0.2) is 18.2 Å². The zero-order chi connectivity index (χ0) is 10.8. The normalized spacial score (nSPS) is 19.4. The van der Waals surface area contributed by atoms with E-state index >= 15 is 0 Å². The monoisotopic (exact) mass is 204 g/mol. The Morgan fingerprint density at radius 3 is 2.93 bits per heavy atom. The van der Waals surface area contributed by atoms with Crippen LogP contribution in [0.25, 0.3) is 0 Å². The standard InChI is InChI=1S/C13H20N2/c1-4-15-9-10(2)12-7-5-6-11(8-14-3)13(12)15/h5-7,10,14H,4,8-9H2,1-3H3. The van der Waals surface area contributed by atoms with Gasteiger partial charge in [0.05, 0.1) is 0 Å². The van der Waals surface area contributed by atoms with E-state index in [9.17, 15) is 0 Å². The Balaban J connectivity index is 2.43. The lowest BCUT2D eigenvalue weighted by Crippen LogP contribution is -2.22. The first kappa shape index (κ1) is 10.5. The van der Waals surface area contributed by atoms with Crippen molar-refractivity contribution < 1.29 is 0 Å². The zero-order valence-corrected chi connectivity index (χ0v) is 9.88. The van der Waals surface area contributed by atoms with Gasteiger partial charge >= 0.3 is 0 Å². The molecule has 0 aromatic heterocycles. The zero-order valence-electron chi connectivity index (χ0n) is 9.88. The van der Waals surface area contributed by atoms with Crippen molar-refractivity contribution in [3.05, 3.63) is 29.3 Å². The van der Waals surface area contributed by atoms with E-state index in [1.807, 2.05) is 7.05 Å². The van der Waals surface area contributed by atoms with Gasteiger partial charge in [-0.2, -0.15) is 0 Å². The minimum atomic E-state index is 0.678. The van der Waals surface area contributed by atoms with Gasteiger partial charge in [-0.25, -0.2) is 0 Å². The van der Waals surface area contributed by atoms with Gasteiger partial charge in [0.25, 0.3) is 0 Å². The predicted molar refractivity (Wildman–Crippen MR) is 65.5 cm³/mol. The lowest BCUT2D eigenvalue weighted by atomic mass is 10.0. The second kappa shape index (κ2) is 4.23.